The van der Waals surface area contributed by atoms with Gasteiger partial charge in [-0.1, -0.05) is 36.1 Å². The molecule has 31 heavy (non-hydrogen) atoms. The smallest absolute Gasteiger partial charge is 0.269 e. The zero-order valence-electron chi connectivity index (χ0n) is 16.4. The van der Waals surface area contributed by atoms with Crippen molar-refractivity contribution < 1.29 is 13.9 Å². The fraction of sp³-hybridized carbons (Fsp3) is 0.0909. The molecule has 0 bridgehead atoms. The lowest BCUT2D eigenvalue weighted by Crippen LogP contribution is -2.28. The van der Waals surface area contributed by atoms with E-state index in [9.17, 15) is 14.0 Å². The predicted molar refractivity (Wildman–Crippen MR) is 123 cm³/mol. The molecule has 0 saturated carbocycles. The summed E-state index contributed by atoms with van der Waals surface area (Å²) in [6, 6.07) is 8.92. The number of thiocarbonyl (C=S) groups is 1. The molecule has 1 aromatic carbocycles. The summed E-state index contributed by atoms with van der Waals surface area (Å²) in [6.45, 7) is 5.73. The van der Waals surface area contributed by atoms with E-state index in [0.29, 0.717) is 15.7 Å². The third kappa shape index (κ3) is 4.01. The highest BCUT2D eigenvalue weighted by molar-refractivity contribution is 8.26. The summed E-state index contributed by atoms with van der Waals surface area (Å²) in [6.07, 6.45) is 4.61. The number of rotatable bonds is 5. The lowest BCUT2D eigenvalue weighted by Gasteiger charge is -2.12. The Hall–Kier alpha value is -3.30. The van der Waals surface area contributed by atoms with Crippen LogP contribution in [0.2, 0.25) is 0 Å². The maximum atomic E-state index is 13.3. The van der Waals surface area contributed by atoms with Crippen LogP contribution in [0.3, 0.4) is 0 Å². The number of thioether (sulfide) groups is 1. The predicted octanol–water partition coefficient (Wildman–Crippen LogP) is 4.32. The van der Waals surface area contributed by atoms with Gasteiger partial charge in [0.25, 0.3) is 11.5 Å². The molecule has 2 aromatic heterocycles. The second-order valence-corrected chi connectivity index (χ2v) is 8.33. The number of hydrogen-bond donors (Lipinski definition) is 0. The molecule has 1 aliphatic heterocycles. The number of carbonyl (C=O) groups excluding carboxylic acids is 1. The van der Waals surface area contributed by atoms with E-state index in [1.54, 1.807) is 18.3 Å². The summed E-state index contributed by atoms with van der Waals surface area (Å²) in [7, 11) is 0. The summed E-state index contributed by atoms with van der Waals surface area (Å²) < 4.78 is 20.9. The molecule has 0 radical (unpaired) electrons. The number of carbonyl (C=O) groups is 1. The monoisotopic (exact) mass is 453 g/mol. The number of aromatic nitrogens is 2. The Morgan fingerprint density at radius 2 is 2.00 bits per heavy atom. The Bertz CT molecular complexity index is 1320. The van der Waals surface area contributed by atoms with E-state index in [1.165, 1.54) is 39.6 Å². The highest BCUT2D eigenvalue weighted by Gasteiger charge is 2.32. The molecule has 4 rings (SSSR count). The Labute approximate surface area is 186 Å². The fourth-order valence-corrected chi connectivity index (χ4v) is 4.28. The van der Waals surface area contributed by atoms with Gasteiger partial charge in [0, 0.05) is 12.7 Å². The van der Waals surface area contributed by atoms with Gasteiger partial charge in [-0.2, -0.15) is 4.98 Å². The van der Waals surface area contributed by atoms with Gasteiger partial charge in [0.15, 0.2) is 0 Å². The third-order valence-corrected chi connectivity index (χ3v) is 5.92. The van der Waals surface area contributed by atoms with Crippen LogP contribution in [0.25, 0.3) is 11.7 Å². The van der Waals surface area contributed by atoms with Crippen molar-refractivity contribution in [1.29, 1.82) is 0 Å². The van der Waals surface area contributed by atoms with Crippen LogP contribution in [0.15, 0.2) is 64.9 Å². The first kappa shape index (κ1) is 21.0. The van der Waals surface area contributed by atoms with Gasteiger partial charge in [-0.15, -0.1) is 6.58 Å². The Morgan fingerprint density at radius 3 is 2.71 bits per heavy atom. The van der Waals surface area contributed by atoms with Crippen LogP contribution < -0.4 is 10.3 Å². The number of hydrogen-bond acceptors (Lipinski definition) is 6. The van der Waals surface area contributed by atoms with Gasteiger partial charge in [0.1, 0.15) is 27.1 Å². The van der Waals surface area contributed by atoms with Crippen LogP contribution in [0, 0.1) is 12.7 Å². The van der Waals surface area contributed by atoms with Crippen LogP contribution in [0.1, 0.15) is 11.1 Å². The first-order chi connectivity index (χ1) is 14.9. The van der Waals surface area contributed by atoms with Gasteiger partial charge in [-0.3, -0.25) is 18.9 Å². The van der Waals surface area contributed by atoms with E-state index in [2.05, 4.69) is 11.6 Å². The zero-order chi connectivity index (χ0) is 22.1. The van der Waals surface area contributed by atoms with Gasteiger partial charge < -0.3 is 4.74 Å². The van der Waals surface area contributed by atoms with Gasteiger partial charge in [-0.25, -0.2) is 4.39 Å². The lowest BCUT2D eigenvalue weighted by atomic mass is 10.2. The van der Waals surface area contributed by atoms with Crippen molar-refractivity contribution in [2.75, 3.05) is 6.54 Å². The number of amides is 1. The van der Waals surface area contributed by atoms with Crippen molar-refractivity contribution in [2.45, 2.75) is 6.92 Å². The minimum atomic E-state index is -0.416. The van der Waals surface area contributed by atoms with Crippen molar-refractivity contribution in [3.05, 3.63) is 87.5 Å². The van der Waals surface area contributed by atoms with Crippen LogP contribution >= 0.6 is 24.0 Å². The van der Waals surface area contributed by atoms with E-state index in [-0.39, 0.29) is 28.8 Å². The molecule has 0 N–H and O–H groups in total. The van der Waals surface area contributed by atoms with Crippen molar-refractivity contribution >= 4 is 45.9 Å². The minimum Gasteiger partial charge on any atom is -0.438 e. The van der Waals surface area contributed by atoms with E-state index in [1.807, 2.05) is 13.0 Å². The highest BCUT2D eigenvalue weighted by Crippen LogP contribution is 2.34. The zero-order valence-corrected chi connectivity index (χ0v) is 18.0. The topological polar surface area (TPSA) is 63.9 Å². The van der Waals surface area contributed by atoms with Crippen molar-refractivity contribution in [3.8, 4) is 11.6 Å². The molecule has 0 unspecified atom stereocenters. The first-order valence-corrected chi connectivity index (χ1v) is 10.4. The molecule has 1 saturated heterocycles. The number of aryl methyl sites for hydroxylation is 1. The van der Waals surface area contributed by atoms with E-state index < -0.39 is 11.4 Å². The van der Waals surface area contributed by atoms with Gasteiger partial charge in [0.05, 0.1) is 4.91 Å². The van der Waals surface area contributed by atoms with Crippen molar-refractivity contribution in [3.63, 3.8) is 0 Å². The van der Waals surface area contributed by atoms with E-state index in [4.69, 9.17) is 17.0 Å². The second-order valence-electron chi connectivity index (χ2n) is 6.66. The normalized spacial score (nSPS) is 15.2. The van der Waals surface area contributed by atoms with Crippen LogP contribution in [-0.4, -0.2) is 31.1 Å². The molecular formula is C22H16FN3O3S2. The summed E-state index contributed by atoms with van der Waals surface area (Å²) >= 11 is 6.36. The molecule has 0 spiro atoms. The maximum Gasteiger partial charge on any atom is 0.269 e. The second kappa shape index (κ2) is 8.44. The van der Waals surface area contributed by atoms with Gasteiger partial charge in [0.2, 0.25) is 5.88 Å². The maximum absolute atomic E-state index is 13.3. The van der Waals surface area contributed by atoms with Crippen LogP contribution in [0.5, 0.6) is 11.6 Å². The molecule has 0 aliphatic carbocycles. The summed E-state index contributed by atoms with van der Waals surface area (Å²) in [5.41, 5.74) is 0.875. The van der Waals surface area contributed by atoms with E-state index >= 15 is 0 Å². The highest BCUT2D eigenvalue weighted by atomic mass is 32.2. The molecule has 156 valence electrons. The van der Waals surface area contributed by atoms with E-state index in [0.717, 1.165) is 17.3 Å². The fourth-order valence-electron chi connectivity index (χ4n) is 3.03. The number of halogens is 1. The molecule has 3 aromatic rings. The largest absolute Gasteiger partial charge is 0.438 e. The number of ether oxygens (including phenoxy) is 1. The average Bonchev–Trinajstić information content (AvgIpc) is 3.01. The molecule has 0 atom stereocenters. The number of benzene rings is 1. The van der Waals surface area contributed by atoms with Crippen molar-refractivity contribution in [1.82, 2.24) is 14.3 Å². The molecule has 1 aliphatic rings. The van der Waals surface area contributed by atoms with Gasteiger partial charge >= 0.3 is 0 Å². The molecule has 3 heterocycles. The summed E-state index contributed by atoms with van der Waals surface area (Å²) in [4.78, 5) is 32.2. The SMILES string of the molecule is C=CCN1C(=O)/C(=C\c2c(Oc3ccc(F)cc3)nc3c(C)cccn3c2=O)SC1=S. The molecule has 9 heteroatoms. The number of nitrogens with zero attached hydrogens (tertiary/aromatic N) is 3. The Morgan fingerprint density at radius 1 is 1.26 bits per heavy atom. The van der Waals surface area contributed by atoms with Crippen LogP contribution in [-0.2, 0) is 4.79 Å². The quantitative estimate of drug-likeness (QED) is 0.326. The number of fused-ring (bicyclic) bond motifs is 1. The Balaban J connectivity index is 1.88. The Kier molecular flexibility index (Phi) is 5.71. The third-order valence-electron chi connectivity index (χ3n) is 4.54. The summed E-state index contributed by atoms with van der Waals surface area (Å²) in [5, 5.41) is 0. The summed E-state index contributed by atoms with van der Waals surface area (Å²) in [5.74, 6) is -0.419. The van der Waals surface area contributed by atoms with Crippen LogP contribution in [0.4, 0.5) is 4.39 Å². The standard InChI is InChI=1S/C22H16FN3O3S2/c1-3-10-26-21(28)17(31-22(26)30)12-16-19(29-15-8-6-14(23)7-9-15)24-18-13(2)5-4-11-25(18)20(16)27/h3-9,11-12H,1,10H2,2H3/b17-12+. The minimum absolute atomic E-state index is 0.0138. The first-order valence-electron chi connectivity index (χ1n) is 9.20. The average molecular weight is 454 g/mol. The lowest BCUT2D eigenvalue weighted by molar-refractivity contribution is -0.121. The molecule has 1 amide bonds. The number of pyridine rings is 1. The van der Waals surface area contributed by atoms with Gasteiger partial charge in [-0.05, 0) is 48.9 Å². The molecule has 1 fully saturated rings. The van der Waals surface area contributed by atoms with Crippen molar-refractivity contribution in [2.24, 2.45) is 0 Å². The molecular weight excluding hydrogens is 437 g/mol. The molecule has 6 nitrogen and oxygen atoms in total.